The quantitative estimate of drug-likeness (QED) is 0.853. The molecule has 4 heteroatoms. The first-order valence-electron chi connectivity index (χ1n) is 5.14. The summed E-state index contributed by atoms with van der Waals surface area (Å²) in [4.78, 5) is 4.44. The number of nitriles is 1. The Hall–Kier alpha value is -0.920. The van der Waals surface area contributed by atoms with Crippen molar-refractivity contribution >= 4 is 11.3 Å². The number of nitrogens with zero attached hydrogens (tertiary/aromatic N) is 2. The highest BCUT2D eigenvalue weighted by molar-refractivity contribution is 7.09. The van der Waals surface area contributed by atoms with E-state index in [4.69, 9.17) is 11.0 Å². The second kappa shape index (κ2) is 4.73. The molecule has 1 rings (SSSR count). The zero-order valence-corrected chi connectivity index (χ0v) is 10.3. The van der Waals surface area contributed by atoms with Crippen molar-refractivity contribution in [1.82, 2.24) is 4.98 Å². The summed E-state index contributed by atoms with van der Waals surface area (Å²) in [6, 6.07) is 2.26. The van der Waals surface area contributed by atoms with Gasteiger partial charge < -0.3 is 5.73 Å². The molecule has 0 radical (unpaired) electrons. The fraction of sp³-hybridized carbons (Fsp3) is 0.636. The third kappa shape index (κ3) is 2.77. The summed E-state index contributed by atoms with van der Waals surface area (Å²) in [6.45, 7) is 5.86. The molecule has 0 aliphatic carbocycles. The first-order chi connectivity index (χ1) is 7.01. The molecule has 0 spiro atoms. The molecule has 0 saturated carbocycles. The molecule has 1 aromatic heterocycles. The minimum Gasteiger partial charge on any atom is -0.323 e. The lowest BCUT2D eigenvalue weighted by atomic mass is 9.97. The highest BCUT2D eigenvalue weighted by Gasteiger charge is 2.24. The van der Waals surface area contributed by atoms with Crippen molar-refractivity contribution in [3.63, 3.8) is 0 Å². The van der Waals surface area contributed by atoms with E-state index in [0.717, 1.165) is 23.5 Å². The number of nitrogens with two attached hydrogens (primary N) is 1. The molecule has 1 aromatic rings. The lowest BCUT2D eigenvalue weighted by molar-refractivity contribution is 0.612. The maximum absolute atomic E-state index is 8.98. The Morgan fingerprint density at radius 2 is 2.33 bits per heavy atom. The van der Waals surface area contributed by atoms with Gasteiger partial charge in [-0.15, -0.1) is 11.3 Å². The topological polar surface area (TPSA) is 62.7 Å². The van der Waals surface area contributed by atoms with E-state index in [9.17, 15) is 0 Å². The van der Waals surface area contributed by atoms with Gasteiger partial charge in [-0.1, -0.05) is 13.3 Å². The molecule has 2 N–H and O–H groups in total. The van der Waals surface area contributed by atoms with Gasteiger partial charge in [0.25, 0.3) is 0 Å². The van der Waals surface area contributed by atoms with Crippen molar-refractivity contribution in [2.24, 2.45) is 5.73 Å². The standard InChI is InChI=1S/C11H17N3S/c1-4-5-8(13)9-6-15-10(14-9)11(2,3)7-12/h6,8H,4-5,13H2,1-3H3. The Bertz CT molecular complexity index is 362. The molecule has 0 saturated heterocycles. The average Bonchev–Trinajstić information content (AvgIpc) is 2.67. The summed E-state index contributed by atoms with van der Waals surface area (Å²) in [5.41, 5.74) is 6.38. The summed E-state index contributed by atoms with van der Waals surface area (Å²) in [5.74, 6) is 0. The van der Waals surface area contributed by atoms with Crippen LogP contribution >= 0.6 is 11.3 Å². The molecule has 1 atom stereocenters. The predicted octanol–water partition coefficient (Wildman–Crippen LogP) is 2.74. The number of thiazole rings is 1. The first-order valence-corrected chi connectivity index (χ1v) is 6.02. The smallest absolute Gasteiger partial charge is 0.113 e. The molecule has 0 amide bonds. The van der Waals surface area contributed by atoms with Gasteiger partial charge >= 0.3 is 0 Å². The fourth-order valence-electron chi connectivity index (χ4n) is 1.25. The van der Waals surface area contributed by atoms with Crippen LogP contribution in [0.1, 0.15) is 50.4 Å². The fourth-order valence-corrected chi connectivity index (χ4v) is 2.21. The van der Waals surface area contributed by atoms with Gasteiger partial charge in [0, 0.05) is 11.4 Å². The summed E-state index contributed by atoms with van der Waals surface area (Å²) in [6.07, 6.45) is 1.99. The largest absolute Gasteiger partial charge is 0.323 e. The minimum absolute atomic E-state index is 0.00879. The van der Waals surface area contributed by atoms with E-state index in [0.29, 0.717) is 0 Å². The predicted molar refractivity (Wildman–Crippen MR) is 62.6 cm³/mol. The van der Waals surface area contributed by atoms with Crippen LogP contribution in [0.15, 0.2) is 5.38 Å². The molecule has 3 nitrogen and oxygen atoms in total. The molecule has 15 heavy (non-hydrogen) atoms. The van der Waals surface area contributed by atoms with Gasteiger partial charge in [-0.2, -0.15) is 5.26 Å². The molecular formula is C11H17N3S. The molecule has 0 aliphatic rings. The van der Waals surface area contributed by atoms with Crippen LogP contribution in [0.3, 0.4) is 0 Å². The van der Waals surface area contributed by atoms with Gasteiger partial charge in [0.05, 0.1) is 11.8 Å². The average molecular weight is 223 g/mol. The first kappa shape index (κ1) is 12.2. The summed E-state index contributed by atoms with van der Waals surface area (Å²) >= 11 is 1.52. The monoisotopic (exact) mass is 223 g/mol. The van der Waals surface area contributed by atoms with Crippen molar-refractivity contribution in [2.45, 2.75) is 45.1 Å². The number of hydrogen-bond donors (Lipinski definition) is 1. The maximum Gasteiger partial charge on any atom is 0.113 e. The highest BCUT2D eigenvalue weighted by Crippen LogP contribution is 2.28. The van der Waals surface area contributed by atoms with E-state index in [-0.39, 0.29) is 6.04 Å². The van der Waals surface area contributed by atoms with Crippen LogP contribution in [-0.4, -0.2) is 4.98 Å². The van der Waals surface area contributed by atoms with Crippen LogP contribution in [0.25, 0.3) is 0 Å². The SMILES string of the molecule is CCCC(N)c1csc(C(C)(C)C#N)n1. The zero-order chi connectivity index (χ0) is 11.5. The third-order valence-corrected chi connectivity index (χ3v) is 3.50. The second-order valence-corrected chi connectivity index (χ2v) is 5.07. The Kier molecular flexibility index (Phi) is 3.83. The van der Waals surface area contributed by atoms with Crippen molar-refractivity contribution in [3.05, 3.63) is 16.1 Å². The summed E-state index contributed by atoms with van der Waals surface area (Å²) in [7, 11) is 0. The van der Waals surface area contributed by atoms with Crippen molar-refractivity contribution < 1.29 is 0 Å². The molecule has 0 aromatic carbocycles. The number of aromatic nitrogens is 1. The Morgan fingerprint density at radius 3 is 2.87 bits per heavy atom. The lowest BCUT2D eigenvalue weighted by Crippen LogP contribution is -2.15. The van der Waals surface area contributed by atoms with Crippen LogP contribution in [0.2, 0.25) is 0 Å². The third-order valence-electron chi connectivity index (χ3n) is 2.32. The zero-order valence-electron chi connectivity index (χ0n) is 9.45. The van der Waals surface area contributed by atoms with Gasteiger partial charge in [0.2, 0.25) is 0 Å². The molecule has 82 valence electrons. The second-order valence-electron chi connectivity index (χ2n) is 4.21. The van der Waals surface area contributed by atoms with Crippen molar-refractivity contribution in [3.8, 4) is 6.07 Å². The molecule has 0 fully saturated rings. The normalized spacial score (nSPS) is 13.5. The summed E-state index contributed by atoms with van der Waals surface area (Å²) < 4.78 is 0. The van der Waals surface area contributed by atoms with E-state index >= 15 is 0 Å². The van der Waals surface area contributed by atoms with Crippen LogP contribution < -0.4 is 5.73 Å². The lowest BCUT2D eigenvalue weighted by Gasteiger charge is -2.11. The van der Waals surface area contributed by atoms with Crippen LogP contribution in [-0.2, 0) is 5.41 Å². The Morgan fingerprint density at radius 1 is 1.67 bits per heavy atom. The number of hydrogen-bond acceptors (Lipinski definition) is 4. The van der Waals surface area contributed by atoms with Gasteiger partial charge in [-0.3, -0.25) is 0 Å². The molecular weight excluding hydrogens is 206 g/mol. The Labute approximate surface area is 94.9 Å². The van der Waals surface area contributed by atoms with Crippen LogP contribution in [0, 0.1) is 11.3 Å². The van der Waals surface area contributed by atoms with E-state index in [1.165, 1.54) is 11.3 Å². The summed E-state index contributed by atoms with van der Waals surface area (Å²) in [5, 5.41) is 11.8. The van der Waals surface area contributed by atoms with Crippen LogP contribution in [0.5, 0.6) is 0 Å². The van der Waals surface area contributed by atoms with E-state index in [1.807, 2.05) is 19.2 Å². The van der Waals surface area contributed by atoms with Gasteiger partial charge in [-0.25, -0.2) is 4.98 Å². The maximum atomic E-state index is 8.98. The van der Waals surface area contributed by atoms with Gasteiger partial charge in [0.15, 0.2) is 0 Å². The van der Waals surface area contributed by atoms with Crippen molar-refractivity contribution in [2.75, 3.05) is 0 Å². The molecule has 0 aliphatic heterocycles. The van der Waals surface area contributed by atoms with Crippen LogP contribution in [0.4, 0.5) is 0 Å². The molecule has 1 unspecified atom stereocenters. The van der Waals surface area contributed by atoms with E-state index in [2.05, 4.69) is 18.0 Å². The minimum atomic E-state index is -0.505. The molecule has 1 heterocycles. The number of rotatable bonds is 4. The van der Waals surface area contributed by atoms with Gasteiger partial charge in [-0.05, 0) is 20.3 Å². The van der Waals surface area contributed by atoms with E-state index in [1.54, 1.807) is 0 Å². The Balaban J connectivity index is 2.86. The highest BCUT2D eigenvalue weighted by atomic mass is 32.1. The molecule has 0 bridgehead atoms. The van der Waals surface area contributed by atoms with E-state index < -0.39 is 5.41 Å². The van der Waals surface area contributed by atoms with Crippen molar-refractivity contribution in [1.29, 1.82) is 5.26 Å². The van der Waals surface area contributed by atoms with Gasteiger partial charge in [0.1, 0.15) is 10.4 Å².